The zero-order valence-corrected chi connectivity index (χ0v) is 15.3. The predicted molar refractivity (Wildman–Crippen MR) is 99.9 cm³/mol. The molecule has 0 spiro atoms. The number of benzene rings is 1. The van der Waals surface area contributed by atoms with Crippen LogP contribution in [0.5, 0.6) is 0 Å². The van der Waals surface area contributed by atoms with Crippen LogP contribution in [0.1, 0.15) is 56.9 Å². The first-order valence-corrected chi connectivity index (χ1v) is 10.8. The monoisotopic (exact) mass is 345 g/mol. The quantitative estimate of drug-likeness (QED) is 0.727. The number of sulfonamides is 1. The van der Waals surface area contributed by atoms with Crippen molar-refractivity contribution in [1.82, 2.24) is 4.31 Å². The van der Waals surface area contributed by atoms with Crippen molar-refractivity contribution in [3.05, 3.63) is 53.7 Å². The molecule has 24 heavy (non-hydrogen) atoms. The maximum Gasteiger partial charge on any atom is 0.232 e. The first-order valence-electron chi connectivity index (χ1n) is 8.99. The Balaban J connectivity index is 2.01. The topological polar surface area (TPSA) is 37.4 Å². The molecule has 4 heteroatoms. The number of hydrogen-bond donors (Lipinski definition) is 0. The molecule has 0 saturated carbocycles. The van der Waals surface area contributed by atoms with Crippen LogP contribution in [0.15, 0.2) is 48.2 Å². The highest BCUT2D eigenvalue weighted by Gasteiger charge is 2.31. The molecule has 3 nitrogen and oxygen atoms in total. The lowest BCUT2D eigenvalue weighted by Gasteiger charge is -2.36. The number of fused-ring (bicyclic) bond motifs is 1. The summed E-state index contributed by atoms with van der Waals surface area (Å²) in [5.41, 5.74) is 3.49. The zero-order valence-electron chi connectivity index (χ0n) is 14.4. The molecule has 130 valence electrons. The van der Waals surface area contributed by atoms with E-state index in [1.807, 2.05) is 24.4 Å². The van der Waals surface area contributed by atoms with Gasteiger partial charge < -0.3 is 0 Å². The fourth-order valence-corrected chi connectivity index (χ4v) is 4.79. The molecule has 1 aliphatic carbocycles. The summed E-state index contributed by atoms with van der Waals surface area (Å²) in [4.78, 5) is 0. The van der Waals surface area contributed by atoms with Gasteiger partial charge in [0.2, 0.25) is 10.0 Å². The van der Waals surface area contributed by atoms with Gasteiger partial charge in [-0.25, -0.2) is 8.42 Å². The third kappa shape index (κ3) is 4.10. The minimum atomic E-state index is -3.27. The van der Waals surface area contributed by atoms with Gasteiger partial charge in [-0.1, -0.05) is 62.1 Å². The first-order chi connectivity index (χ1) is 11.6. The van der Waals surface area contributed by atoms with Crippen LogP contribution in [0.25, 0.3) is 5.57 Å². The third-order valence-corrected chi connectivity index (χ3v) is 6.15. The summed E-state index contributed by atoms with van der Waals surface area (Å²) in [6, 6.07) is 10.1. The Hall–Kier alpha value is -1.55. The van der Waals surface area contributed by atoms with E-state index >= 15 is 0 Å². The molecule has 0 bridgehead atoms. The molecular weight excluding hydrogens is 318 g/mol. The molecule has 0 unspecified atom stereocenters. The van der Waals surface area contributed by atoms with Crippen LogP contribution < -0.4 is 0 Å². The lowest BCUT2D eigenvalue weighted by molar-refractivity contribution is 0.390. The van der Waals surface area contributed by atoms with Crippen molar-refractivity contribution in [2.75, 3.05) is 6.26 Å². The normalized spacial score (nSPS) is 25.2. The van der Waals surface area contributed by atoms with Crippen LogP contribution in [0.4, 0.5) is 0 Å². The van der Waals surface area contributed by atoms with E-state index in [1.54, 1.807) is 4.31 Å². The second-order valence-electron chi connectivity index (χ2n) is 6.93. The molecule has 3 rings (SSSR count). The Kier molecular flexibility index (Phi) is 5.44. The highest BCUT2D eigenvalue weighted by atomic mass is 32.2. The maximum absolute atomic E-state index is 12.4. The van der Waals surface area contributed by atoms with E-state index in [0.29, 0.717) is 0 Å². The van der Waals surface area contributed by atoms with Crippen molar-refractivity contribution in [3.63, 3.8) is 0 Å². The second-order valence-corrected chi connectivity index (χ2v) is 8.82. The molecule has 0 N–H and O–H groups in total. The van der Waals surface area contributed by atoms with Gasteiger partial charge in [-0.2, -0.15) is 0 Å². The summed E-state index contributed by atoms with van der Waals surface area (Å²) in [6.45, 7) is 0. The average molecular weight is 346 g/mol. The first kappa shape index (κ1) is 17.3. The Morgan fingerprint density at radius 1 is 1.00 bits per heavy atom. The van der Waals surface area contributed by atoms with Crippen LogP contribution in [0, 0.1) is 0 Å². The van der Waals surface area contributed by atoms with Gasteiger partial charge in [0.25, 0.3) is 0 Å². The van der Waals surface area contributed by atoms with Crippen molar-refractivity contribution in [3.8, 4) is 0 Å². The van der Waals surface area contributed by atoms with E-state index in [-0.39, 0.29) is 6.04 Å². The van der Waals surface area contributed by atoms with Gasteiger partial charge in [0.15, 0.2) is 0 Å². The molecule has 0 aromatic heterocycles. The van der Waals surface area contributed by atoms with Crippen LogP contribution >= 0.6 is 0 Å². The van der Waals surface area contributed by atoms with Gasteiger partial charge in [-0.3, -0.25) is 4.31 Å². The molecule has 1 aliphatic heterocycles. The van der Waals surface area contributed by atoms with Crippen molar-refractivity contribution >= 4 is 15.6 Å². The van der Waals surface area contributed by atoms with E-state index in [2.05, 4.69) is 18.2 Å². The molecular formula is C20H27NO2S. The van der Waals surface area contributed by atoms with E-state index in [9.17, 15) is 8.42 Å². The fraction of sp³-hybridized carbons (Fsp3) is 0.500. The van der Waals surface area contributed by atoms with Crippen molar-refractivity contribution in [2.24, 2.45) is 0 Å². The Morgan fingerprint density at radius 3 is 2.46 bits per heavy atom. The van der Waals surface area contributed by atoms with Crippen molar-refractivity contribution in [1.29, 1.82) is 0 Å². The summed E-state index contributed by atoms with van der Waals surface area (Å²) >= 11 is 0. The average Bonchev–Trinajstić information content (AvgIpc) is 2.58. The van der Waals surface area contributed by atoms with E-state index in [0.717, 1.165) is 36.8 Å². The van der Waals surface area contributed by atoms with Crippen LogP contribution in [0.3, 0.4) is 0 Å². The van der Waals surface area contributed by atoms with Gasteiger partial charge in [-0.15, -0.1) is 0 Å². The minimum absolute atomic E-state index is 0.00515. The lowest BCUT2D eigenvalue weighted by atomic mass is 9.87. The van der Waals surface area contributed by atoms with Gasteiger partial charge in [0.1, 0.15) is 0 Å². The number of allylic oxidation sites excluding steroid dienone is 2. The summed E-state index contributed by atoms with van der Waals surface area (Å²) in [6.07, 6.45) is 14.4. The van der Waals surface area contributed by atoms with Gasteiger partial charge in [0.05, 0.1) is 12.3 Å². The molecule has 1 aromatic rings. The van der Waals surface area contributed by atoms with Gasteiger partial charge in [-0.05, 0) is 42.4 Å². The zero-order chi connectivity index (χ0) is 17.0. The maximum atomic E-state index is 12.4. The number of rotatable bonds is 2. The molecule has 0 radical (unpaired) electrons. The second kappa shape index (κ2) is 7.56. The van der Waals surface area contributed by atoms with Crippen molar-refractivity contribution in [2.45, 2.75) is 57.4 Å². The SMILES string of the molecule is CS(=O)(=O)N1C=C(c2ccccc2)C/C2=C\CCCCCCC[C@H]21. The third-order valence-electron chi connectivity index (χ3n) is 5.03. The molecule has 0 amide bonds. The Labute approximate surface area is 146 Å². The molecule has 0 saturated heterocycles. The van der Waals surface area contributed by atoms with Crippen molar-refractivity contribution < 1.29 is 8.42 Å². The van der Waals surface area contributed by atoms with E-state index in [4.69, 9.17) is 0 Å². The van der Waals surface area contributed by atoms with Crippen LogP contribution in [-0.2, 0) is 10.0 Å². The standard InChI is InChI=1S/C20H27NO2S/c1-24(22,23)21-16-19(17-11-8-6-9-12-17)15-18-13-7-4-2-3-5-10-14-20(18)21/h6,8-9,11-13,16,20H,2-5,7,10,14-15H2,1H3/b18-13+/t20-/m1/s1. The fourth-order valence-electron chi connectivity index (χ4n) is 3.77. The summed E-state index contributed by atoms with van der Waals surface area (Å²) in [5, 5.41) is 0. The molecule has 1 aromatic carbocycles. The largest absolute Gasteiger partial charge is 0.270 e. The number of nitrogens with zero attached hydrogens (tertiary/aromatic N) is 1. The summed E-state index contributed by atoms with van der Waals surface area (Å²) in [7, 11) is -3.27. The van der Waals surface area contributed by atoms with Gasteiger partial charge >= 0.3 is 0 Å². The predicted octanol–water partition coefficient (Wildman–Crippen LogP) is 4.73. The summed E-state index contributed by atoms with van der Waals surface area (Å²) in [5.74, 6) is 0. The molecule has 0 fully saturated rings. The lowest BCUT2D eigenvalue weighted by Crippen LogP contribution is -2.39. The highest BCUT2D eigenvalue weighted by Crippen LogP contribution is 2.36. The highest BCUT2D eigenvalue weighted by molar-refractivity contribution is 7.88. The number of hydrogen-bond acceptors (Lipinski definition) is 2. The van der Waals surface area contributed by atoms with Gasteiger partial charge in [0, 0.05) is 6.20 Å². The van der Waals surface area contributed by atoms with E-state index < -0.39 is 10.0 Å². The van der Waals surface area contributed by atoms with Crippen LogP contribution in [-0.4, -0.2) is 25.0 Å². The minimum Gasteiger partial charge on any atom is -0.270 e. The Bertz CT molecular complexity index is 719. The summed E-state index contributed by atoms with van der Waals surface area (Å²) < 4.78 is 26.5. The van der Waals surface area contributed by atoms with E-state index in [1.165, 1.54) is 37.5 Å². The smallest absolute Gasteiger partial charge is 0.232 e. The molecule has 1 heterocycles. The Morgan fingerprint density at radius 2 is 1.71 bits per heavy atom. The molecule has 1 atom stereocenters. The molecule has 2 aliphatic rings. The van der Waals surface area contributed by atoms with Crippen LogP contribution in [0.2, 0.25) is 0 Å².